The molecule has 4 aromatic rings. The van der Waals surface area contributed by atoms with E-state index in [0.29, 0.717) is 11.7 Å². The molecule has 12 heteroatoms. The zero-order valence-corrected chi connectivity index (χ0v) is 25.2. The molecule has 1 fully saturated rings. The third-order valence-electron chi connectivity index (χ3n) is 6.69. The Kier molecular flexibility index (Phi) is 9.44. The first-order chi connectivity index (χ1) is 20.0. The smallest absolute Gasteiger partial charge is 0.311 e. The Morgan fingerprint density at radius 1 is 0.927 bits per heavy atom. The maximum absolute atomic E-state index is 11.7. The van der Waals surface area contributed by atoms with Crippen molar-refractivity contribution < 1.29 is 15.0 Å². The molecule has 5 rings (SSSR count). The number of hydrogen-bond donors (Lipinski definition) is 6. The van der Waals surface area contributed by atoms with Gasteiger partial charge in [-0.1, -0.05) is 22.7 Å². The minimum atomic E-state index is -0.245. The molecule has 0 unspecified atom stereocenters. The minimum absolute atomic E-state index is 0.228. The van der Waals surface area contributed by atoms with Crippen LogP contribution in [0.5, 0.6) is 0 Å². The quantitative estimate of drug-likeness (QED) is 0.0666. The van der Waals surface area contributed by atoms with Crippen LogP contribution in [0.1, 0.15) is 35.8 Å². The van der Waals surface area contributed by atoms with Crippen molar-refractivity contribution in [3.8, 4) is 0 Å². The fourth-order valence-electron chi connectivity index (χ4n) is 4.52. The topological polar surface area (TPSA) is 119 Å². The van der Waals surface area contributed by atoms with Crippen LogP contribution in [0.3, 0.4) is 0 Å². The molecule has 0 radical (unpaired) electrons. The molecule has 0 aliphatic carbocycles. The van der Waals surface area contributed by atoms with Gasteiger partial charge in [0.2, 0.25) is 10.1 Å². The van der Waals surface area contributed by atoms with Crippen LogP contribution < -0.4 is 37.5 Å². The summed E-state index contributed by atoms with van der Waals surface area (Å²) in [6.07, 6.45) is 4.50. The third kappa shape index (κ3) is 7.81. The Bertz CT molecular complexity index is 1460. The number of aromatic nitrogens is 1. The van der Waals surface area contributed by atoms with E-state index in [9.17, 15) is 4.79 Å². The molecule has 10 nitrogen and oxygen atoms in total. The number of nitrogen functional groups attached to an aromatic ring is 1. The summed E-state index contributed by atoms with van der Waals surface area (Å²) in [5.41, 5.74) is 24.6. The van der Waals surface area contributed by atoms with Gasteiger partial charge in [0.15, 0.2) is 0 Å². The van der Waals surface area contributed by atoms with Gasteiger partial charge in [-0.15, -0.1) is 0 Å². The normalized spacial score (nSPS) is 12.7. The number of quaternary nitrogens is 1. The van der Waals surface area contributed by atoms with Crippen LogP contribution in [0.15, 0.2) is 54.7 Å². The summed E-state index contributed by atoms with van der Waals surface area (Å²) in [5, 5.41) is 3.26. The van der Waals surface area contributed by atoms with Gasteiger partial charge in [0.25, 0.3) is 0 Å². The van der Waals surface area contributed by atoms with Crippen LogP contribution in [-0.2, 0) is 16.0 Å². The van der Waals surface area contributed by atoms with E-state index in [1.54, 1.807) is 13.1 Å². The number of nitrogens with zero attached hydrogens (tertiary/aromatic N) is 2. The van der Waals surface area contributed by atoms with E-state index < -0.39 is 0 Å². The van der Waals surface area contributed by atoms with Gasteiger partial charge in [-0.05, 0) is 87.2 Å². The van der Waals surface area contributed by atoms with Gasteiger partial charge in [0, 0.05) is 30.2 Å². The fraction of sp³-hybridized carbons (Fsp3) is 0.310. The average molecular weight is 594 g/mol. The highest BCUT2D eigenvalue weighted by atomic mass is 32.1. The Morgan fingerprint density at radius 3 is 2.37 bits per heavy atom. The lowest BCUT2D eigenvalue weighted by Crippen LogP contribution is -2.82. The molecule has 7 N–H and O–H groups in total. The van der Waals surface area contributed by atoms with Gasteiger partial charge in [0.1, 0.15) is 0 Å². The van der Waals surface area contributed by atoms with Crippen molar-refractivity contribution in [2.75, 3.05) is 51.7 Å². The van der Waals surface area contributed by atoms with E-state index in [2.05, 4.69) is 85.8 Å². The zero-order valence-electron chi connectivity index (χ0n) is 23.5. The van der Waals surface area contributed by atoms with Crippen molar-refractivity contribution in [1.82, 2.24) is 4.98 Å². The standard InChI is InChI=1S/C29H36N8O2S2/c1-4-39-28(38)17-23-18-30-29(40-23)36-34-25-10-7-21(15-20(25)3)31-33-24-9-8-22(16-19(24)2)32-35-26-11-12-27(41-26)37-13-5-6-14-37/h7-12,15-16,18,31-35H,4-6,13-14,17H2,1-3H3,(H,30,36)/p+1. The maximum atomic E-state index is 11.7. The molecule has 2 aromatic heterocycles. The number of esters is 1. The first kappa shape index (κ1) is 28.5. The van der Waals surface area contributed by atoms with E-state index in [1.165, 1.54) is 47.3 Å². The van der Waals surface area contributed by atoms with Crippen molar-refractivity contribution in [3.05, 3.63) is 70.7 Å². The molecule has 216 valence electrons. The molecule has 0 bridgehead atoms. The van der Waals surface area contributed by atoms with Crippen molar-refractivity contribution in [3.63, 3.8) is 0 Å². The number of nitrogens with one attached hydrogen (secondary N) is 5. The summed E-state index contributed by atoms with van der Waals surface area (Å²) in [6, 6.07) is 16.7. The Hall–Kier alpha value is -4.00. The molecule has 3 heterocycles. The van der Waals surface area contributed by atoms with E-state index >= 15 is 0 Å². The third-order valence-corrected chi connectivity index (χ3v) is 8.69. The molecule has 0 amide bonds. The first-order valence-electron chi connectivity index (χ1n) is 13.8. The van der Waals surface area contributed by atoms with Gasteiger partial charge in [0.05, 0.1) is 40.8 Å². The number of aryl methyl sites for hydroxylation is 2. The SMILES string of the molecule is CCOC(=O)Cc1cnc(NNc2ccc(NNc3ccc(N[NH2+]c4ccc(N5CCCC5)s4)cc3C)cc2C)s1. The largest absolute Gasteiger partial charge is 0.466 e. The van der Waals surface area contributed by atoms with E-state index in [0.717, 1.165) is 38.8 Å². The van der Waals surface area contributed by atoms with Crippen LogP contribution >= 0.6 is 22.7 Å². The second-order valence-electron chi connectivity index (χ2n) is 9.83. The fourth-order valence-corrected chi connectivity index (χ4v) is 6.21. The average Bonchev–Trinajstić information content (AvgIpc) is 3.73. The van der Waals surface area contributed by atoms with Crippen LogP contribution in [0, 0.1) is 13.8 Å². The summed E-state index contributed by atoms with van der Waals surface area (Å²) in [7, 11) is 0. The van der Waals surface area contributed by atoms with Crippen molar-refractivity contribution >= 4 is 66.5 Å². The maximum Gasteiger partial charge on any atom is 0.311 e. The molecule has 0 saturated carbocycles. The molecule has 1 aliphatic rings. The second-order valence-corrected chi connectivity index (χ2v) is 12.0. The Balaban J connectivity index is 1.09. The number of carbonyl (C=O) groups excluding carboxylic acids is 1. The van der Waals surface area contributed by atoms with E-state index in [1.807, 2.05) is 30.4 Å². The van der Waals surface area contributed by atoms with Crippen molar-refractivity contribution in [1.29, 1.82) is 0 Å². The van der Waals surface area contributed by atoms with Crippen molar-refractivity contribution in [2.24, 2.45) is 0 Å². The molecule has 0 atom stereocenters. The Morgan fingerprint density at radius 2 is 1.63 bits per heavy atom. The molecule has 1 aliphatic heterocycles. The highest BCUT2D eigenvalue weighted by molar-refractivity contribution is 7.19. The van der Waals surface area contributed by atoms with Crippen molar-refractivity contribution in [2.45, 2.75) is 40.0 Å². The summed E-state index contributed by atoms with van der Waals surface area (Å²) >= 11 is 3.24. The summed E-state index contributed by atoms with van der Waals surface area (Å²) < 4.78 is 5.00. The van der Waals surface area contributed by atoms with Gasteiger partial charge in [-0.3, -0.25) is 15.6 Å². The number of thiazole rings is 1. The number of hydrazine groups is 2. The minimum Gasteiger partial charge on any atom is -0.466 e. The predicted octanol–water partition coefficient (Wildman–Crippen LogP) is 5.63. The number of benzene rings is 2. The molecular formula is C29H37N8O2S2+. The molecule has 0 spiro atoms. The second kappa shape index (κ2) is 13.6. The van der Waals surface area contributed by atoms with Gasteiger partial charge in [-0.2, -0.15) is 0 Å². The lowest BCUT2D eigenvalue weighted by molar-refractivity contribution is -0.534. The monoisotopic (exact) mass is 593 g/mol. The van der Waals surface area contributed by atoms with Crippen LogP contribution in [0.2, 0.25) is 0 Å². The number of nitrogens with two attached hydrogens (primary N) is 1. The van der Waals surface area contributed by atoms with Gasteiger partial charge in [-0.25, -0.2) is 15.8 Å². The van der Waals surface area contributed by atoms with Crippen LogP contribution in [-0.4, -0.2) is 30.6 Å². The lowest BCUT2D eigenvalue weighted by Gasteiger charge is -2.15. The Labute approximate surface area is 248 Å². The number of ether oxygens (including phenoxy) is 1. The number of thiophene rings is 1. The summed E-state index contributed by atoms with van der Waals surface area (Å²) in [4.78, 5) is 19.3. The van der Waals surface area contributed by atoms with Gasteiger partial charge < -0.3 is 20.5 Å². The van der Waals surface area contributed by atoms with E-state index in [4.69, 9.17) is 4.74 Å². The number of hydrogen-bond acceptors (Lipinski definition) is 11. The summed E-state index contributed by atoms with van der Waals surface area (Å²) in [6.45, 7) is 8.64. The first-order valence-corrected chi connectivity index (χ1v) is 15.4. The highest BCUT2D eigenvalue weighted by Crippen LogP contribution is 2.30. The summed E-state index contributed by atoms with van der Waals surface area (Å²) in [5.74, 6) is -0.245. The lowest BCUT2D eigenvalue weighted by atomic mass is 10.2. The predicted molar refractivity (Wildman–Crippen MR) is 170 cm³/mol. The van der Waals surface area contributed by atoms with Gasteiger partial charge >= 0.3 is 5.97 Å². The number of carbonyl (C=O) groups is 1. The molecular weight excluding hydrogens is 557 g/mol. The molecule has 41 heavy (non-hydrogen) atoms. The number of anilines is 6. The van der Waals surface area contributed by atoms with E-state index in [-0.39, 0.29) is 12.4 Å². The number of rotatable bonds is 13. The van der Waals surface area contributed by atoms with Crippen LogP contribution in [0.4, 0.5) is 37.9 Å². The zero-order chi connectivity index (χ0) is 28.6. The van der Waals surface area contributed by atoms with Crippen LogP contribution in [0.25, 0.3) is 0 Å². The highest BCUT2D eigenvalue weighted by Gasteiger charge is 2.15. The molecule has 1 saturated heterocycles. The molecule has 2 aromatic carbocycles.